The van der Waals surface area contributed by atoms with Crippen molar-refractivity contribution in [3.8, 4) is 0 Å². The maximum Gasteiger partial charge on any atom is 0.264 e. The summed E-state index contributed by atoms with van der Waals surface area (Å²) in [6, 6.07) is 12.6. The molecule has 0 atom stereocenters. The molecule has 1 N–H and O–H groups in total. The highest BCUT2D eigenvalue weighted by molar-refractivity contribution is 7.92. The number of hydrogen-bond donors (Lipinski definition) is 1. The van der Waals surface area contributed by atoms with Gasteiger partial charge in [0.25, 0.3) is 10.0 Å². The Kier molecular flexibility index (Phi) is 5.92. The number of carbonyl (C=O) groups excluding carboxylic acids is 1. The third kappa shape index (κ3) is 4.62. The van der Waals surface area contributed by atoms with Crippen LogP contribution in [0.4, 0.5) is 24.5 Å². The number of nitrogens with zero attached hydrogens (tertiary/aromatic N) is 1. The van der Waals surface area contributed by atoms with Crippen molar-refractivity contribution in [1.29, 1.82) is 0 Å². The summed E-state index contributed by atoms with van der Waals surface area (Å²) in [5.74, 6) is -2.68. The predicted octanol–water partition coefficient (Wildman–Crippen LogP) is 4.43. The van der Waals surface area contributed by atoms with Gasteiger partial charge in [-0.3, -0.25) is 9.52 Å². The first-order chi connectivity index (χ1) is 15.2. The first-order valence-corrected chi connectivity index (χ1v) is 11.4. The molecule has 4 rings (SSSR count). The Balaban J connectivity index is 1.59. The van der Waals surface area contributed by atoms with Crippen LogP contribution in [-0.4, -0.2) is 20.9 Å². The molecule has 0 radical (unpaired) electrons. The van der Waals surface area contributed by atoms with Crippen LogP contribution in [0.1, 0.15) is 17.5 Å². The molecular weight excluding hydrogens is 441 g/mol. The lowest BCUT2D eigenvalue weighted by Crippen LogP contribution is -2.36. The quantitative estimate of drug-likeness (QED) is 0.613. The molecule has 0 aromatic heterocycles. The molecule has 166 valence electrons. The number of sulfonamides is 1. The maximum absolute atomic E-state index is 14.0. The molecule has 1 heterocycles. The Morgan fingerprint density at radius 3 is 2.38 bits per heavy atom. The highest BCUT2D eigenvalue weighted by Gasteiger charge is 2.25. The lowest BCUT2D eigenvalue weighted by Gasteiger charge is -2.30. The summed E-state index contributed by atoms with van der Waals surface area (Å²) in [7, 11) is -4.31. The van der Waals surface area contributed by atoms with Crippen LogP contribution < -0.4 is 9.62 Å². The highest BCUT2D eigenvalue weighted by Crippen LogP contribution is 2.32. The number of carbonyl (C=O) groups is 1. The third-order valence-electron chi connectivity index (χ3n) is 5.21. The largest absolute Gasteiger partial charge is 0.312 e. The maximum atomic E-state index is 14.0. The smallest absolute Gasteiger partial charge is 0.264 e. The minimum atomic E-state index is -4.31. The predicted molar refractivity (Wildman–Crippen MR) is 114 cm³/mol. The molecule has 0 bridgehead atoms. The second-order valence-electron chi connectivity index (χ2n) is 7.48. The van der Waals surface area contributed by atoms with Crippen molar-refractivity contribution in [2.45, 2.75) is 24.2 Å². The summed E-state index contributed by atoms with van der Waals surface area (Å²) in [5.41, 5.74) is 2.24. The molecule has 1 aliphatic heterocycles. The van der Waals surface area contributed by atoms with E-state index in [1.54, 1.807) is 23.1 Å². The molecule has 0 unspecified atom stereocenters. The molecule has 0 spiro atoms. The summed E-state index contributed by atoms with van der Waals surface area (Å²) in [6.07, 6.45) is 1.53. The zero-order valence-corrected chi connectivity index (χ0v) is 17.6. The Hall–Kier alpha value is -3.33. The van der Waals surface area contributed by atoms with Crippen molar-refractivity contribution in [1.82, 2.24) is 0 Å². The van der Waals surface area contributed by atoms with E-state index in [0.29, 0.717) is 23.9 Å². The van der Waals surface area contributed by atoms with Gasteiger partial charge in [0.15, 0.2) is 0 Å². The van der Waals surface area contributed by atoms with Gasteiger partial charge < -0.3 is 4.90 Å². The lowest BCUT2D eigenvalue weighted by atomic mass is 10.00. The Labute approximate surface area is 183 Å². The van der Waals surface area contributed by atoms with Crippen LogP contribution in [0, 0.1) is 17.5 Å². The Morgan fingerprint density at radius 1 is 0.938 bits per heavy atom. The minimum Gasteiger partial charge on any atom is -0.312 e. The summed E-state index contributed by atoms with van der Waals surface area (Å²) >= 11 is 0. The van der Waals surface area contributed by atoms with E-state index in [-0.39, 0.29) is 23.8 Å². The summed E-state index contributed by atoms with van der Waals surface area (Å²) in [5, 5.41) is 0. The third-order valence-corrected chi connectivity index (χ3v) is 6.62. The number of anilines is 2. The number of amides is 1. The lowest BCUT2D eigenvalue weighted by molar-refractivity contribution is -0.118. The molecule has 32 heavy (non-hydrogen) atoms. The second-order valence-corrected chi connectivity index (χ2v) is 9.13. The molecule has 1 amide bonds. The van der Waals surface area contributed by atoms with E-state index in [1.807, 2.05) is 0 Å². The fourth-order valence-corrected chi connectivity index (χ4v) is 4.78. The van der Waals surface area contributed by atoms with Crippen molar-refractivity contribution >= 4 is 27.3 Å². The number of fused-ring (bicyclic) bond motifs is 1. The molecule has 1 aliphatic rings. The van der Waals surface area contributed by atoms with E-state index < -0.39 is 26.6 Å². The van der Waals surface area contributed by atoms with Crippen LogP contribution in [0.2, 0.25) is 0 Å². The van der Waals surface area contributed by atoms with Crippen molar-refractivity contribution < 1.29 is 26.4 Å². The number of hydrogen-bond acceptors (Lipinski definition) is 3. The van der Waals surface area contributed by atoms with Crippen molar-refractivity contribution in [3.05, 3.63) is 89.2 Å². The molecule has 0 aliphatic carbocycles. The van der Waals surface area contributed by atoms with Gasteiger partial charge >= 0.3 is 0 Å². The average molecular weight is 460 g/mol. The molecule has 5 nitrogen and oxygen atoms in total. The van der Waals surface area contributed by atoms with Gasteiger partial charge in [0.1, 0.15) is 22.3 Å². The highest BCUT2D eigenvalue weighted by atomic mass is 32.2. The van der Waals surface area contributed by atoms with Crippen molar-refractivity contribution in [2.75, 3.05) is 16.2 Å². The molecule has 3 aromatic rings. The average Bonchev–Trinajstić information content (AvgIpc) is 2.74. The summed E-state index contributed by atoms with van der Waals surface area (Å²) in [6.45, 7) is 0.454. The van der Waals surface area contributed by atoms with Crippen LogP contribution in [0.3, 0.4) is 0 Å². The monoisotopic (exact) mass is 460 g/mol. The summed E-state index contributed by atoms with van der Waals surface area (Å²) in [4.78, 5) is 13.8. The van der Waals surface area contributed by atoms with Crippen molar-refractivity contribution in [3.63, 3.8) is 0 Å². The number of nitrogens with one attached hydrogen (secondary N) is 1. The van der Waals surface area contributed by atoms with E-state index in [0.717, 1.165) is 30.5 Å². The number of aryl methyl sites for hydroxylation is 1. The zero-order chi connectivity index (χ0) is 22.9. The van der Waals surface area contributed by atoms with Gasteiger partial charge in [-0.05, 0) is 60.4 Å². The van der Waals surface area contributed by atoms with Gasteiger partial charge in [0, 0.05) is 18.3 Å². The van der Waals surface area contributed by atoms with Crippen LogP contribution in [0.5, 0.6) is 0 Å². The van der Waals surface area contributed by atoms with Gasteiger partial charge in [-0.2, -0.15) is 0 Å². The van der Waals surface area contributed by atoms with Crippen molar-refractivity contribution in [2.24, 2.45) is 0 Å². The SMILES string of the molecule is O=C(Cc1ccc(F)cc1)N1CCCc2ccc(NS(=O)(=O)c3ccc(F)cc3F)cc21. The van der Waals surface area contributed by atoms with Gasteiger partial charge in [0.05, 0.1) is 12.1 Å². The molecule has 0 saturated carbocycles. The van der Waals surface area contributed by atoms with Gasteiger partial charge in [-0.1, -0.05) is 18.2 Å². The first-order valence-electron chi connectivity index (χ1n) is 9.88. The number of rotatable bonds is 5. The van der Waals surface area contributed by atoms with Gasteiger partial charge in [0.2, 0.25) is 5.91 Å². The van der Waals surface area contributed by atoms with Gasteiger partial charge in [-0.25, -0.2) is 21.6 Å². The topological polar surface area (TPSA) is 66.5 Å². The van der Waals surface area contributed by atoms with E-state index in [4.69, 9.17) is 0 Å². The van der Waals surface area contributed by atoms with Gasteiger partial charge in [-0.15, -0.1) is 0 Å². The zero-order valence-electron chi connectivity index (χ0n) is 16.8. The molecule has 0 fully saturated rings. The van der Waals surface area contributed by atoms with E-state index >= 15 is 0 Å². The summed E-state index contributed by atoms with van der Waals surface area (Å²) < 4.78 is 67.7. The van der Waals surface area contributed by atoms with E-state index in [9.17, 15) is 26.4 Å². The van der Waals surface area contributed by atoms with E-state index in [1.165, 1.54) is 24.3 Å². The van der Waals surface area contributed by atoms with Crippen LogP contribution in [0.25, 0.3) is 0 Å². The number of benzene rings is 3. The standard InChI is InChI=1S/C23H19F3N2O3S/c24-17-6-3-15(4-7-17)12-23(29)28-11-1-2-16-5-9-19(14-21(16)28)27-32(30,31)22-10-8-18(25)13-20(22)26/h3-10,13-14,27H,1-2,11-12H2. The fourth-order valence-electron chi connectivity index (χ4n) is 3.67. The van der Waals surface area contributed by atoms with E-state index in [2.05, 4.69) is 4.72 Å². The first kappa shape index (κ1) is 21.9. The van der Waals surface area contributed by atoms with Crippen LogP contribution in [0.15, 0.2) is 65.6 Å². The fraction of sp³-hybridized carbons (Fsp3) is 0.174. The normalized spacial score (nSPS) is 13.5. The molecule has 9 heteroatoms. The second kappa shape index (κ2) is 8.66. The molecular formula is C23H19F3N2O3S. The minimum absolute atomic E-state index is 0.0659. The Morgan fingerprint density at radius 2 is 1.66 bits per heavy atom. The Bertz CT molecular complexity index is 1280. The van der Waals surface area contributed by atoms with Crippen LogP contribution in [-0.2, 0) is 27.7 Å². The molecule has 0 saturated heterocycles. The number of halogens is 3. The molecule has 3 aromatic carbocycles. The van der Waals surface area contributed by atoms with Crippen LogP contribution >= 0.6 is 0 Å².